The summed E-state index contributed by atoms with van der Waals surface area (Å²) >= 11 is 3.55. The van der Waals surface area contributed by atoms with Gasteiger partial charge in [0.25, 0.3) is 0 Å². The zero-order chi connectivity index (χ0) is 14.3. The summed E-state index contributed by atoms with van der Waals surface area (Å²) in [7, 11) is 1.70. The van der Waals surface area contributed by atoms with E-state index in [1.807, 2.05) is 6.07 Å². The highest BCUT2D eigenvalue weighted by molar-refractivity contribution is 9.10. The molecule has 0 aliphatic carbocycles. The number of methoxy groups -OCH3 is 1. The van der Waals surface area contributed by atoms with Crippen LogP contribution in [0.5, 0.6) is 5.75 Å². The van der Waals surface area contributed by atoms with E-state index in [2.05, 4.69) is 53.7 Å². The van der Waals surface area contributed by atoms with E-state index in [4.69, 9.17) is 4.74 Å². The Morgan fingerprint density at radius 2 is 2.00 bits per heavy atom. The van der Waals surface area contributed by atoms with Crippen LogP contribution in [0.1, 0.15) is 45.6 Å². The first kappa shape index (κ1) is 16.5. The summed E-state index contributed by atoms with van der Waals surface area (Å²) in [5, 5.41) is 0. The summed E-state index contributed by atoms with van der Waals surface area (Å²) in [4.78, 5) is 2.53. The van der Waals surface area contributed by atoms with Crippen molar-refractivity contribution in [1.29, 1.82) is 0 Å². The molecule has 0 spiro atoms. The Labute approximate surface area is 126 Å². The van der Waals surface area contributed by atoms with Gasteiger partial charge in [-0.3, -0.25) is 4.90 Å². The van der Waals surface area contributed by atoms with E-state index in [1.165, 1.54) is 31.4 Å². The molecule has 0 saturated heterocycles. The maximum absolute atomic E-state index is 5.27. The molecule has 0 aliphatic heterocycles. The molecule has 0 aliphatic rings. The van der Waals surface area contributed by atoms with Crippen molar-refractivity contribution in [2.24, 2.45) is 0 Å². The van der Waals surface area contributed by atoms with E-state index in [0.717, 1.165) is 16.8 Å². The SMILES string of the molecule is CCCCCN(Cc1ccc(OC)c(Br)c1)C(C)C. The van der Waals surface area contributed by atoms with Gasteiger partial charge in [-0.25, -0.2) is 0 Å². The fraction of sp³-hybridized carbons (Fsp3) is 0.625. The third-order valence-electron chi connectivity index (χ3n) is 3.38. The number of benzene rings is 1. The second-order valence-electron chi connectivity index (χ2n) is 5.24. The maximum atomic E-state index is 5.27. The summed E-state index contributed by atoms with van der Waals surface area (Å²) in [6.45, 7) is 8.97. The first-order valence-electron chi connectivity index (χ1n) is 7.15. The van der Waals surface area contributed by atoms with Gasteiger partial charge >= 0.3 is 0 Å². The molecule has 0 atom stereocenters. The summed E-state index contributed by atoms with van der Waals surface area (Å²) in [6.07, 6.45) is 3.88. The van der Waals surface area contributed by atoms with Crippen molar-refractivity contribution in [1.82, 2.24) is 4.90 Å². The third-order valence-corrected chi connectivity index (χ3v) is 4.00. The minimum Gasteiger partial charge on any atom is -0.496 e. The van der Waals surface area contributed by atoms with E-state index in [1.54, 1.807) is 7.11 Å². The minimum atomic E-state index is 0.581. The molecule has 0 saturated carbocycles. The molecule has 2 nitrogen and oxygen atoms in total. The van der Waals surface area contributed by atoms with Crippen LogP contribution >= 0.6 is 15.9 Å². The molecule has 0 amide bonds. The summed E-state index contributed by atoms with van der Waals surface area (Å²) in [5.41, 5.74) is 1.33. The van der Waals surface area contributed by atoms with Crippen LogP contribution in [-0.4, -0.2) is 24.6 Å². The van der Waals surface area contributed by atoms with E-state index in [9.17, 15) is 0 Å². The van der Waals surface area contributed by atoms with Crippen LogP contribution < -0.4 is 4.74 Å². The third kappa shape index (κ3) is 5.53. The van der Waals surface area contributed by atoms with Gasteiger partial charge in [0.1, 0.15) is 5.75 Å². The topological polar surface area (TPSA) is 12.5 Å². The van der Waals surface area contributed by atoms with Gasteiger partial charge in [-0.15, -0.1) is 0 Å². The lowest BCUT2D eigenvalue weighted by Crippen LogP contribution is -2.31. The molecular formula is C16H26BrNO. The molecular weight excluding hydrogens is 302 g/mol. The molecule has 0 bridgehead atoms. The average Bonchev–Trinajstić information content (AvgIpc) is 2.38. The van der Waals surface area contributed by atoms with Crippen molar-refractivity contribution in [2.75, 3.05) is 13.7 Å². The van der Waals surface area contributed by atoms with E-state index >= 15 is 0 Å². The second-order valence-corrected chi connectivity index (χ2v) is 6.09. The summed E-state index contributed by atoms with van der Waals surface area (Å²) < 4.78 is 6.30. The molecule has 0 aromatic heterocycles. The lowest BCUT2D eigenvalue weighted by Gasteiger charge is -2.26. The van der Waals surface area contributed by atoms with Gasteiger partial charge in [0.05, 0.1) is 11.6 Å². The molecule has 19 heavy (non-hydrogen) atoms. The van der Waals surface area contributed by atoms with Crippen molar-refractivity contribution in [3.63, 3.8) is 0 Å². The molecule has 1 aromatic rings. The van der Waals surface area contributed by atoms with Crippen LogP contribution in [0.2, 0.25) is 0 Å². The Bertz CT molecular complexity index is 379. The Morgan fingerprint density at radius 1 is 1.26 bits per heavy atom. The highest BCUT2D eigenvalue weighted by Gasteiger charge is 2.10. The van der Waals surface area contributed by atoms with Crippen molar-refractivity contribution in [2.45, 2.75) is 52.6 Å². The van der Waals surface area contributed by atoms with Crippen LogP contribution in [0.25, 0.3) is 0 Å². The number of unbranched alkanes of at least 4 members (excludes halogenated alkanes) is 2. The van der Waals surface area contributed by atoms with Gasteiger partial charge in [0, 0.05) is 12.6 Å². The van der Waals surface area contributed by atoms with Crippen molar-refractivity contribution in [3.05, 3.63) is 28.2 Å². The van der Waals surface area contributed by atoms with Crippen LogP contribution in [-0.2, 0) is 6.54 Å². The number of ether oxygens (including phenoxy) is 1. The number of hydrogen-bond donors (Lipinski definition) is 0. The van der Waals surface area contributed by atoms with E-state index in [0.29, 0.717) is 6.04 Å². The first-order chi connectivity index (χ1) is 9.08. The summed E-state index contributed by atoms with van der Waals surface area (Å²) in [5.74, 6) is 0.894. The minimum absolute atomic E-state index is 0.581. The van der Waals surface area contributed by atoms with E-state index < -0.39 is 0 Å². The number of rotatable bonds is 8. The molecule has 0 fully saturated rings. The fourth-order valence-electron chi connectivity index (χ4n) is 2.13. The highest BCUT2D eigenvalue weighted by Crippen LogP contribution is 2.26. The zero-order valence-electron chi connectivity index (χ0n) is 12.6. The van der Waals surface area contributed by atoms with Crippen molar-refractivity contribution in [3.8, 4) is 5.75 Å². The molecule has 3 heteroatoms. The Hall–Kier alpha value is -0.540. The molecule has 0 unspecified atom stereocenters. The molecule has 1 rings (SSSR count). The van der Waals surface area contributed by atoms with Crippen LogP contribution in [0.3, 0.4) is 0 Å². The highest BCUT2D eigenvalue weighted by atomic mass is 79.9. The van der Waals surface area contributed by atoms with E-state index in [-0.39, 0.29) is 0 Å². The normalized spacial score (nSPS) is 11.3. The number of nitrogens with zero attached hydrogens (tertiary/aromatic N) is 1. The Kier molecular flexibility index (Phi) is 7.47. The predicted octanol–water partition coefficient (Wildman–Crippen LogP) is 4.86. The Balaban J connectivity index is 2.65. The van der Waals surface area contributed by atoms with Gasteiger partial charge in [-0.1, -0.05) is 25.8 Å². The van der Waals surface area contributed by atoms with Crippen LogP contribution in [0.4, 0.5) is 0 Å². The lowest BCUT2D eigenvalue weighted by atomic mass is 10.1. The molecule has 0 heterocycles. The van der Waals surface area contributed by atoms with Gasteiger partial charge in [0.15, 0.2) is 0 Å². The number of hydrogen-bond acceptors (Lipinski definition) is 2. The van der Waals surface area contributed by atoms with Crippen LogP contribution in [0, 0.1) is 0 Å². The standard InChI is InChI=1S/C16H26BrNO/c1-5-6-7-10-18(13(2)3)12-14-8-9-16(19-4)15(17)11-14/h8-9,11,13H,5-7,10,12H2,1-4H3. The van der Waals surface area contributed by atoms with Crippen LogP contribution in [0.15, 0.2) is 22.7 Å². The molecule has 0 radical (unpaired) electrons. The van der Waals surface area contributed by atoms with Gasteiger partial charge < -0.3 is 4.74 Å². The number of halogens is 1. The molecule has 0 N–H and O–H groups in total. The van der Waals surface area contributed by atoms with Gasteiger partial charge in [-0.2, -0.15) is 0 Å². The fourth-order valence-corrected chi connectivity index (χ4v) is 2.72. The quantitative estimate of drug-likeness (QED) is 0.632. The molecule has 1 aromatic carbocycles. The first-order valence-corrected chi connectivity index (χ1v) is 7.94. The van der Waals surface area contributed by atoms with Gasteiger partial charge in [-0.05, 0) is 60.4 Å². The monoisotopic (exact) mass is 327 g/mol. The smallest absolute Gasteiger partial charge is 0.133 e. The zero-order valence-corrected chi connectivity index (χ0v) is 14.2. The van der Waals surface area contributed by atoms with Crippen molar-refractivity contribution < 1.29 is 4.74 Å². The largest absolute Gasteiger partial charge is 0.496 e. The lowest BCUT2D eigenvalue weighted by molar-refractivity contribution is 0.208. The molecule has 108 valence electrons. The second kappa shape index (κ2) is 8.60. The summed E-state index contributed by atoms with van der Waals surface area (Å²) in [6, 6.07) is 6.93. The average molecular weight is 328 g/mol. The predicted molar refractivity (Wildman–Crippen MR) is 85.8 cm³/mol. The Morgan fingerprint density at radius 3 is 2.53 bits per heavy atom. The maximum Gasteiger partial charge on any atom is 0.133 e. The van der Waals surface area contributed by atoms with Crippen molar-refractivity contribution >= 4 is 15.9 Å². The van der Waals surface area contributed by atoms with Gasteiger partial charge in [0.2, 0.25) is 0 Å².